The molecule has 0 radical (unpaired) electrons. The standard InChI is InChI=1S/C13H13NO4/c1-8(2)9-3-4-11(12(15)5-9)10(7-14)6-13(16)18-17/h3-6,8,15,17H,1-2H3. The van der Waals surface area contributed by atoms with Crippen LogP contribution < -0.4 is 0 Å². The molecule has 0 unspecified atom stereocenters. The molecule has 5 heteroatoms. The Balaban J connectivity index is 3.21. The van der Waals surface area contributed by atoms with Gasteiger partial charge in [-0.15, -0.1) is 0 Å². The molecule has 0 aromatic heterocycles. The van der Waals surface area contributed by atoms with Crippen LogP contribution in [0.5, 0.6) is 5.75 Å². The summed E-state index contributed by atoms with van der Waals surface area (Å²) in [7, 11) is 0. The molecule has 0 fully saturated rings. The van der Waals surface area contributed by atoms with E-state index in [1.807, 2.05) is 13.8 Å². The van der Waals surface area contributed by atoms with Gasteiger partial charge in [-0.3, -0.25) is 4.89 Å². The number of phenols is 1. The van der Waals surface area contributed by atoms with Crippen molar-refractivity contribution in [3.63, 3.8) is 0 Å². The summed E-state index contributed by atoms with van der Waals surface area (Å²) >= 11 is 0. The first kappa shape index (κ1) is 13.7. The number of nitriles is 1. The van der Waals surface area contributed by atoms with Crippen molar-refractivity contribution in [1.29, 1.82) is 5.26 Å². The third kappa shape index (κ3) is 3.09. The number of phenolic OH excluding ortho intramolecular Hbond substituents is 1. The zero-order valence-corrected chi connectivity index (χ0v) is 10.0. The van der Waals surface area contributed by atoms with E-state index in [9.17, 15) is 9.90 Å². The molecule has 0 amide bonds. The molecule has 5 nitrogen and oxygen atoms in total. The van der Waals surface area contributed by atoms with E-state index in [4.69, 9.17) is 10.5 Å². The molecule has 94 valence electrons. The van der Waals surface area contributed by atoms with Crippen molar-refractivity contribution < 1.29 is 20.0 Å². The Morgan fingerprint density at radius 2 is 2.17 bits per heavy atom. The minimum Gasteiger partial charge on any atom is -0.507 e. The van der Waals surface area contributed by atoms with Gasteiger partial charge in [0.15, 0.2) is 0 Å². The van der Waals surface area contributed by atoms with Crippen LogP contribution in [0.2, 0.25) is 0 Å². The molecule has 18 heavy (non-hydrogen) atoms. The van der Waals surface area contributed by atoms with Crippen LogP contribution in [0.4, 0.5) is 0 Å². The van der Waals surface area contributed by atoms with E-state index in [-0.39, 0.29) is 22.8 Å². The number of rotatable bonds is 3. The maximum Gasteiger partial charge on any atom is 0.367 e. The largest absolute Gasteiger partial charge is 0.507 e. The Bertz CT molecular complexity index is 526. The van der Waals surface area contributed by atoms with Crippen molar-refractivity contribution in [2.75, 3.05) is 0 Å². The Kier molecular flexibility index (Phi) is 4.46. The fourth-order valence-electron chi connectivity index (χ4n) is 1.45. The van der Waals surface area contributed by atoms with E-state index in [0.717, 1.165) is 11.6 Å². The maximum atomic E-state index is 10.9. The van der Waals surface area contributed by atoms with Gasteiger partial charge in [0, 0.05) is 11.6 Å². The quantitative estimate of drug-likeness (QED) is 0.370. The van der Waals surface area contributed by atoms with Crippen molar-refractivity contribution in [3.8, 4) is 11.8 Å². The van der Waals surface area contributed by atoms with Crippen molar-refractivity contribution >= 4 is 11.5 Å². The summed E-state index contributed by atoms with van der Waals surface area (Å²) in [5.74, 6) is -0.930. The normalized spacial score (nSPS) is 11.2. The number of carbonyl (C=O) groups excluding carboxylic acids is 1. The minimum absolute atomic E-state index is 0.0816. The molecule has 0 atom stereocenters. The lowest BCUT2D eigenvalue weighted by molar-refractivity contribution is -0.227. The van der Waals surface area contributed by atoms with E-state index in [1.54, 1.807) is 18.2 Å². The van der Waals surface area contributed by atoms with Crippen molar-refractivity contribution in [1.82, 2.24) is 0 Å². The molecule has 0 saturated heterocycles. The monoisotopic (exact) mass is 247 g/mol. The molecule has 0 aliphatic carbocycles. The number of nitrogens with zero attached hydrogens (tertiary/aromatic N) is 1. The van der Waals surface area contributed by atoms with Crippen molar-refractivity contribution in [2.24, 2.45) is 0 Å². The zero-order chi connectivity index (χ0) is 13.7. The minimum atomic E-state index is -1.07. The summed E-state index contributed by atoms with van der Waals surface area (Å²) in [6.45, 7) is 3.94. The van der Waals surface area contributed by atoms with Gasteiger partial charge in [-0.05, 0) is 23.6 Å². The van der Waals surface area contributed by atoms with Crippen LogP contribution in [0.1, 0.15) is 30.9 Å². The Labute approximate surface area is 104 Å². The number of carbonyl (C=O) groups is 1. The second kappa shape index (κ2) is 5.84. The zero-order valence-electron chi connectivity index (χ0n) is 10.0. The highest BCUT2D eigenvalue weighted by atomic mass is 17.1. The molecule has 0 aliphatic rings. The highest BCUT2D eigenvalue weighted by Gasteiger charge is 2.11. The summed E-state index contributed by atoms with van der Waals surface area (Å²) in [6, 6.07) is 6.60. The third-order valence-electron chi connectivity index (χ3n) is 2.45. The molecular weight excluding hydrogens is 234 g/mol. The third-order valence-corrected chi connectivity index (χ3v) is 2.45. The average molecular weight is 247 g/mol. The summed E-state index contributed by atoms with van der Waals surface area (Å²) in [6.07, 6.45) is 0.810. The van der Waals surface area contributed by atoms with Gasteiger partial charge in [0.25, 0.3) is 0 Å². The van der Waals surface area contributed by atoms with Crippen LogP contribution in [0.25, 0.3) is 5.57 Å². The van der Waals surface area contributed by atoms with Gasteiger partial charge in [-0.2, -0.15) is 10.5 Å². The molecule has 2 N–H and O–H groups in total. The van der Waals surface area contributed by atoms with Gasteiger partial charge in [-0.25, -0.2) is 4.79 Å². The van der Waals surface area contributed by atoms with Gasteiger partial charge >= 0.3 is 5.97 Å². The smallest absolute Gasteiger partial charge is 0.367 e. The fraction of sp³-hybridized carbons (Fsp3) is 0.231. The fourth-order valence-corrected chi connectivity index (χ4v) is 1.45. The summed E-state index contributed by atoms with van der Waals surface area (Å²) in [4.78, 5) is 14.3. The lowest BCUT2D eigenvalue weighted by Gasteiger charge is -2.08. The van der Waals surface area contributed by atoms with Gasteiger partial charge in [0.2, 0.25) is 0 Å². The molecule has 0 aliphatic heterocycles. The molecule has 0 spiro atoms. The Morgan fingerprint density at radius 3 is 2.61 bits per heavy atom. The molecule has 0 bridgehead atoms. The highest BCUT2D eigenvalue weighted by molar-refractivity contribution is 5.96. The Hall–Kier alpha value is -2.32. The molecule has 0 saturated carbocycles. The summed E-state index contributed by atoms with van der Waals surface area (Å²) in [5.41, 5.74) is 1.05. The first-order valence-electron chi connectivity index (χ1n) is 5.30. The number of hydrogen-bond donors (Lipinski definition) is 2. The lowest BCUT2D eigenvalue weighted by Crippen LogP contribution is -1.97. The predicted molar refractivity (Wildman–Crippen MR) is 64.5 cm³/mol. The average Bonchev–Trinajstić information content (AvgIpc) is 2.35. The van der Waals surface area contributed by atoms with Crippen LogP contribution in [0.15, 0.2) is 24.3 Å². The molecule has 1 aromatic rings. The van der Waals surface area contributed by atoms with Gasteiger partial charge in [-0.1, -0.05) is 19.9 Å². The second-order valence-electron chi connectivity index (χ2n) is 4.01. The number of hydrogen-bond acceptors (Lipinski definition) is 5. The Morgan fingerprint density at radius 1 is 1.50 bits per heavy atom. The van der Waals surface area contributed by atoms with Crippen LogP contribution in [-0.2, 0) is 9.68 Å². The van der Waals surface area contributed by atoms with E-state index < -0.39 is 5.97 Å². The predicted octanol–water partition coefficient (Wildman–Crippen LogP) is 2.44. The van der Waals surface area contributed by atoms with Crippen molar-refractivity contribution in [3.05, 3.63) is 35.4 Å². The first-order chi connectivity index (χ1) is 8.49. The van der Waals surface area contributed by atoms with Crippen LogP contribution in [0.3, 0.4) is 0 Å². The van der Waals surface area contributed by atoms with E-state index >= 15 is 0 Å². The van der Waals surface area contributed by atoms with Gasteiger partial charge in [0.1, 0.15) is 11.8 Å². The van der Waals surface area contributed by atoms with E-state index in [0.29, 0.717) is 0 Å². The van der Waals surface area contributed by atoms with E-state index in [2.05, 4.69) is 4.89 Å². The van der Waals surface area contributed by atoms with E-state index in [1.165, 1.54) is 6.07 Å². The lowest BCUT2D eigenvalue weighted by atomic mass is 9.98. The van der Waals surface area contributed by atoms with Crippen LogP contribution >= 0.6 is 0 Å². The second-order valence-corrected chi connectivity index (χ2v) is 4.01. The van der Waals surface area contributed by atoms with Crippen molar-refractivity contribution in [2.45, 2.75) is 19.8 Å². The van der Waals surface area contributed by atoms with Crippen LogP contribution in [0, 0.1) is 11.3 Å². The molecule has 1 aromatic carbocycles. The topological polar surface area (TPSA) is 90.6 Å². The molecular formula is C13H13NO4. The first-order valence-corrected chi connectivity index (χ1v) is 5.30. The number of benzene rings is 1. The SMILES string of the molecule is CC(C)c1ccc(C(C#N)=CC(=O)OO)c(O)c1. The van der Waals surface area contributed by atoms with Gasteiger partial charge in [0.05, 0.1) is 5.57 Å². The van der Waals surface area contributed by atoms with Crippen LogP contribution in [-0.4, -0.2) is 16.3 Å². The number of aromatic hydroxyl groups is 1. The maximum absolute atomic E-state index is 10.9. The molecule has 0 heterocycles. The summed E-state index contributed by atoms with van der Waals surface area (Å²) in [5, 5.41) is 26.9. The molecule has 1 rings (SSSR count). The summed E-state index contributed by atoms with van der Waals surface area (Å²) < 4.78 is 0. The number of allylic oxidation sites excluding steroid dienone is 1. The highest BCUT2D eigenvalue weighted by Crippen LogP contribution is 2.28. The van der Waals surface area contributed by atoms with Gasteiger partial charge < -0.3 is 5.11 Å².